The summed E-state index contributed by atoms with van der Waals surface area (Å²) in [5.74, 6) is 1.14. The van der Waals surface area contributed by atoms with E-state index in [0.29, 0.717) is 23.6 Å². The number of hydrogen-bond acceptors (Lipinski definition) is 2. The number of nitrogens with one attached hydrogen (secondary N) is 1. The highest BCUT2D eigenvalue weighted by atomic mass is 127. The van der Waals surface area contributed by atoms with Crippen molar-refractivity contribution in [2.45, 2.75) is 26.8 Å². The molecule has 3 N–H and O–H groups in total. The molecule has 0 aliphatic carbocycles. The smallest absolute Gasteiger partial charge is 0.188 e. The fourth-order valence-electron chi connectivity index (χ4n) is 1.22. The van der Waals surface area contributed by atoms with Crippen molar-refractivity contribution in [1.82, 2.24) is 10.3 Å². The number of halogens is 2. The van der Waals surface area contributed by atoms with E-state index < -0.39 is 0 Å². The molecule has 0 aromatic carbocycles. The Balaban J connectivity index is 0.00000289. The van der Waals surface area contributed by atoms with Crippen LogP contribution in [-0.4, -0.2) is 17.5 Å². The summed E-state index contributed by atoms with van der Waals surface area (Å²) in [6.07, 6.45) is 2.78. The van der Waals surface area contributed by atoms with Gasteiger partial charge in [0.05, 0.1) is 6.54 Å². The minimum atomic E-state index is 0. The molecule has 6 heteroatoms. The van der Waals surface area contributed by atoms with Gasteiger partial charge in [0, 0.05) is 12.7 Å². The van der Waals surface area contributed by atoms with Gasteiger partial charge < -0.3 is 11.1 Å². The lowest BCUT2D eigenvalue weighted by Crippen LogP contribution is -2.32. The van der Waals surface area contributed by atoms with Crippen molar-refractivity contribution in [3.05, 3.63) is 29.0 Å². The van der Waals surface area contributed by atoms with Crippen molar-refractivity contribution in [2.75, 3.05) is 6.54 Å². The molecule has 1 aromatic rings. The summed E-state index contributed by atoms with van der Waals surface area (Å²) in [7, 11) is 0. The predicted molar refractivity (Wildman–Crippen MR) is 87.4 cm³/mol. The molecule has 0 saturated carbocycles. The molecular weight excluding hydrogens is 363 g/mol. The molecule has 0 spiro atoms. The first-order valence-electron chi connectivity index (χ1n) is 5.72. The highest BCUT2D eigenvalue weighted by Crippen LogP contribution is 2.05. The molecule has 4 nitrogen and oxygen atoms in total. The molecule has 0 amide bonds. The van der Waals surface area contributed by atoms with Gasteiger partial charge in [0.25, 0.3) is 0 Å². The van der Waals surface area contributed by atoms with Crippen LogP contribution in [0.2, 0.25) is 5.15 Å². The van der Waals surface area contributed by atoms with Gasteiger partial charge in [-0.05, 0) is 24.0 Å². The van der Waals surface area contributed by atoms with Crippen LogP contribution < -0.4 is 11.1 Å². The molecule has 0 unspecified atom stereocenters. The summed E-state index contributed by atoms with van der Waals surface area (Å²) < 4.78 is 0. The van der Waals surface area contributed by atoms with E-state index in [1.165, 1.54) is 0 Å². The lowest BCUT2D eigenvalue weighted by molar-refractivity contribution is 0.576. The van der Waals surface area contributed by atoms with Gasteiger partial charge in [0.2, 0.25) is 0 Å². The van der Waals surface area contributed by atoms with Crippen molar-refractivity contribution in [3.8, 4) is 0 Å². The largest absolute Gasteiger partial charge is 0.370 e. The molecule has 0 radical (unpaired) electrons. The Bertz CT molecular complexity index is 365. The number of aromatic nitrogens is 1. The SMILES string of the molecule is CC(C)CCNC(N)=NCc1ccc(Cl)nc1.I. The molecule has 0 atom stereocenters. The van der Waals surface area contributed by atoms with Crippen LogP contribution >= 0.6 is 35.6 Å². The van der Waals surface area contributed by atoms with Gasteiger partial charge in [-0.2, -0.15) is 0 Å². The number of pyridine rings is 1. The van der Waals surface area contributed by atoms with Crippen LogP contribution in [0, 0.1) is 5.92 Å². The van der Waals surface area contributed by atoms with Gasteiger partial charge in [-0.3, -0.25) is 0 Å². The molecule has 0 aliphatic rings. The van der Waals surface area contributed by atoms with Crippen molar-refractivity contribution >= 4 is 41.5 Å². The first-order valence-corrected chi connectivity index (χ1v) is 6.10. The van der Waals surface area contributed by atoms with E-state index in [0.717, 1.165) is 18.5 Å². The third-order valence-electron chi connectivity index (χ3n) is 2.25. The molecule has 1 heterocycles. The molecule has 1 rings (SSSR count). The predicted octanol–water partition coefficient (Wildman–Crippen LogP) is 2.80. The second kappa shape index (κ2) is 9.38. The van der Waals surface area contributed by atoms with E-state index in [4.69, 9.17) is 17.3 Å². The molecule has 0 bridgehead atoms. The van der Waals surface area contributed by atoms with Crippen molar-refractivity contribution in [2.24, 2.45) is 16.6 Å². The topological polar surface area (TPSA) is 63.3 Å². The molecule has 1 aromatic heterocycles. The van der Waals surface area contributed by atoms with Gasteiger partial charge in [0.15, 0.2) is 5.96 Å². The Morgan fingerprint density at radius 2 is 2.22 bits per heavy atom. The maximum absolute atomic E-state index is 5.73. The zero-order valence-electron chi connectivity index (χ0n) is 10.7. The third kappa shape index (κ3) is 7.71. The van der Waals surface area contributed by atoms with Crippen LogP contribution in [0.15, 0.2) is 23.3 Å². The molecule has 0 fully saturated rings. The summed E-state index contributed by atoms with van der Waals surface area (Å²) in [4.78, 5) is 8.20. The summed E-state index contributed by atoms with van der Waals surface area (Å²) >= 11 is 5.69. The van der Waals surface area contributed by atoms with Gasteiger partial charge in [-0.25, -0.2) is 9.98 Å². The Morgan fingerprint density at radius 3 is 2.78 bits per heavy atom. The Labute approximate surface area is 130 Å². The molecular formula is C12H20ClIN4. The highest BCUT2D eigenvalue weighted by Gasteiger charge is 1.96. The lowest BCUT2D eigenvalue weighted by Gasteiger charge is -2.07. The van der Waals surface area contributed by atoms with Gasteiger partial charge in [-0.15, -0.1) is 24.0 Å². The molecule has 102 valence electrons. The maximum Gasteiger partial charge on any atom is 0.188 e. The van der Waals surface area contributed by atoms with Crippen LogP contribution in [0.5, 0.6) is 0 Å². The number of guanidine groups is 1. The van der Waals surface area contributed by atoms with Gasteiger partial charge >= 0.3 is 0 Å². The lowest BCUT2D eigenvalue weighted by atomic mass is 10.1. The van der Waals surface area contributed by atoms with Crippen molar-refractivity contribution in [3.63, 3.8) is 0 Å². The standard InChI is InChI=1S/C12H19ClN4.HI/c1-9(2)5-6-15-12(14)17-8-10-3-4-11(13)16-7-10;/h3-4,7,9H,5-6,8H2,1-2H3,(H3,14,15,17);1H. The first kappa shape index (κ1) is 17.4. The van der Waals surface area contributed by atoms with E-state index in [-0.39, 0.29) is 24.0 Å². The third-order valence-corrected chi connectivity index (χ3v) is 2.47. The van der Waals surface area contributed by atoms with Crippen LogP contribution in [0.3, 0.4) is 0 Å². The van der Waals surface area contributed by atoms with Crippen LogP contribution in [0.1, 0.15) is 25.8 Å². The van der Waals surface area contributed by atoms with Crippen LogP contribution in [-0.2, 0) is 6.54 Å². The fraction of sp³-hybridized carbons (Fsp3) is 0.500. The summed E-state index contributed by atoms with van der Waals surface area (Å²) in [6.45, 7) is 5.72. The number of nitrogens with zero attached hydrogens (tertiary/aromatic N) is 2. The second-order valence-corrected chi connectivity index (χ2v) is 4.69. The Kier molecular flexibility index (Phi) is 9.09. The number of nitrogens with two attached hydrogens (primary N) is 1. The first-order chi connectivity index (χ1) is 8.08. The Hall–Kier alpha value is -0.560. The zero-order valence-corrected chi connectivity index (χ0v) is 13.8. The van der Waals surface area contributed by atoms with E-state index >= 15 is 0 Å². The number of aliphatic imine (C=N–C) groups is 1. The zero-order chi connectivity index (χ0) is 12.7. The summed E-state index contributed by atoms with van der Waals surface area (Å²) in [5.41, 5.74) is 6.72. The number of rotatable bonds is 5. The molecule has 0 saturated heterocycles. The highest BCUT2D eigenvalue weighted by molar-refractivity contribution is 14.0. The number of hydrogen-bond donors (Lipinski definition) is 2. The molecule has 18 heavy (non-hydrogen) atoms. The average Bonchev–Trinajstić information content (AvgIpc) is 2.28. The van der Waals surface area contributed by atoms with E-state index in [1.54, 1.807) is 12.3 Å². The minimum absolute atomic E-state index is 0. The minimum Gasteiger partial charge on any atom is -0.370 e. The van der Waals surface area contributed by atoms with Crippen molar-refractivity contribution in [1.29, 1.82) is 0 Å². The average molecular weight is 383 g/mol. The fourth-order valence-corrected chi connectivity index (χ4v) is 1.33. The van der Waals surface area contributed by atoms with E-state index in [2.05, 4.69) is 29.1 Å². The quantitative estimate of drug-likeness (QED) is 0.356. The summed E-state index contributed by atoms with van der Waals surface area (Å²) in [5, 5.41) is 3.56. The maximum atomic E-state index is 5.73. The normalized spacial score (nSPS) is 11.2. The van der Waals surface area contributed by atoms with Gasteiger partial charge in [-0.1, -0.05) is 31.5 Å². The second-order valence-electron chi connectivity index (χ2n) is 4.30. The van der Waals surface area contributed by atoms with E-state index in [9.17, 15) is 0 Å². The van der Waals surface area contributed by atoms with Crippen molar-refractivity contribution < 1.29 is 0 Å². The molecule has 0 aliphatic heterocycles. The Morgan fingerprint density at radius 1 is 1.50 bits per heavy atom. The van der Waals surface area contributed by atoms with Gasteiger partial charge in [0.1, 0.15) is 5.15 Å². The van der Waals surface area contributed by atoms with E-state index in [1.807, 2.05) is 6.07 Å². The van der Waals surface area contributed by atoms with Crippen LogP contribution in [0.25, 0.3) is 0 Å². The monoisotopic (exact) mass is 382 g/mol. The van der Waals surface area contributed by atoms with Crippen LogP contribution in [0.4, 0.5) is 0 Å². The summed E-state index contributed by atoms with van der Waals surface area (Å²) in [6, 6.07) is 3.63.